The van der Waals surface area contributed by atoms with Gasteiger partial charge in [-0.3, -0.25) is 9.97 Å². The molecule has 40 heavy (non-hydrogen) atoms. The number of aryl methyl sites for hydroxylation is 1. The maximum Gasteiger partial charge on any atom is 0.213 e. The summed E-state index contributed by atoms with van der Waals surface area (Å²) in [7, 11) is 6.82. The lowest BCUT2D eigenvalue weighted by atomic mass is 9.95. The Kier molecular flexibility index (Phi) is 7.64. The number of aliphatic hydroxyl groups excluding tert-OH is 2. The van der Waals surface area contributed by atoms with Crippen molar-refractivity contribution in [3.05, 3.63) is 83.9 Å². The monoisotopic (exact) mass is 538 g/mol. The maximum atomic E-state index is 10.0. The minimum absolute atomic E-state index is 0.208. The number of aliphatic hydroxyl groups is 2. The normalized spacial score (nSPS) is 11.1. The molecule has 0 unspecified atom stereocenters. The summed E-state index contributed by atoms with van der Waals surface area (Å²) in [5, 5.41) is 21.8. The fourth-order valence-electron chi connectivity index (χ4n) is 5.24. The summed E-state index contributed by atoms with van der Waals surface area (Å²) in [6.07, 6.45) is 5.33. The third-order valence-electron chi connectivity index (χ3n) is 7.38. The average Bonchev–Trinajstić information content (AvgIpc) is 3.01. The molecule has 0 atom stereocenters. The molecule has 204 valence electrons. The van der Waals surface area contributed by atoms with Crippen molar-refractivity contribution in [1.29, 1.82) is 0 Å². The van der Waals surface area contributed by atoms with Crippen LogP contribution in [-0.4, -0.2) is 41.5 Å². The Bertz CT molecular complexity index is 1690. The summed E-state index contributed by atoms with van der Waals surface area (Å²) in [5.74, 6) is 1.77. The van der Waals surface area contributed by atoms with Gasteiger partial charge in [-0.1, -0.05) is 6.07 Å². The molecule has 0 bridgehead atoms. The van der Waals surface area contributed by atoms with Gasteiger partial charge in [-0.15, -0.1) is 0 Å². The highest BCUT2D eigenvalue weighted by molar-refractivity contribution is 5.94. The lowest BCUT2D eigenvalue weighted by Crippen LogP contribution is -2.35. The van der Waals surface area contributed by atoms with Crippen molar-refractivity contribution in [2.45, 2.75) is 20.1 Å². The molecule has 5 aromatic rings. The Labute approximate surface area is 233 Å². The molecule has 3 aromatic heterocycles. The van der Waals surface area contributed by atoms with E-state index in [0.29, 0.717) is 28.4 Å². The van der Waals surface area contributed by atoms with E-state index in [9.17, 15) is 10.2 Å². The minimum Gasteiger partial charge on any atom is -0.495 e. The Morgan fingerprint density at radius 2 is 1.55 bits per heavy atom. The van der Waals surface area contributed by atoms with Crippen LogP contribution in [0.2, 0.25) is 0 Å². The fourth-order valence-corrected chi connectivity index (χ4v) is 5.24. The Morgan fingerprint density at radius 1 is 0.800 bits per heavy atom. The summed E-state index contributed by atoms with van der Waals surface area (Å²) in [4.78, 5) is 8.78. The first-order valence-electron chi connectivity index (χ1n) is 12.8. The highest BCUT2D eigenvalue weighted by Crippen LogP contribution is 2.43. The zero-order valence-electron chi connectivity index (χ0n) is 23.2. The van der Waals surface area contributed by atoms with Crippen LogP contribution in [0.1, 0.15) is 16.8 Å². The maximum absolute atomic E-state index is 10.0. The Morgan fingerprint density at radius 3 is 2.15 bits per heavy atom. The van der Waals surface area contributed by atoms with Crippen LogP contribution in [0.4, 0.5) is 0 Å². The van der Waals surface area contributed by atoms with E-state index in [2.05, 4.69) is 21.7 Å². The average molecular weight is 539 g/mol. The lowest BCUT2D eigenvalue weighted by Gasteiger charge is -2.17. The molecule has 0 aliphatic heterocycles. The summed E-state index contributed by atoms with van der Waals surface area (Å²) in [6, 6.07) is 15.8. The van der Waals surface area contributed by atoms with Crippen molar-refractivity contribution in [3.8, 4) is 50.9 Å². The number of fused-ring (bicyclic) bond motifs is 1. The Hall–Kier alpha value is -4.53. The molecule has 2 aromatic carbocycles. The van der Waals surface area contributed by atoms with Gasteiger partial charge in [-0.05, 0) is 47.3 Å². The molecule has 0 saturated heterocycles. The van der Waals surface area contributed by atoms with Gasteiger partial charge in [0.25, 0.3) is 0 Å². The van der Waals surface area contributed by atoms with Gasteiger partial charge < -0.3 is 24.4 Å². The van der Waals surface area contributed by atoms with Crippen molar-refractivity contribution in [2.24, 2.45) is 7.05 Å². The van der Waals surface area contributed by atoms with E-state index < -0.39 is 0 Å². The highest BCUT2D eigenvalue weighted by Gasteiger charge is 2.25. The van der Waals surface area contributed by atoms with Crippen LogP contribution in [0.25, 0.3) is 44.4 Å². The molecule has 0 saturated carbocycles. The number of hydrogen-bond donors (Lipinski definition) is 2. The summed E-state index contributed by atoms with van der Waals surface area (Å²) in [6.45, 7) is 1.57. The first-order valence-corrected chi connectivity index (χ1v) is 12.8. The molecule has 8 nitrogen and oxygen atoms in total. The van der Waals surface area contributed by atoms with Crippen LogP contribution in [0.15, 0.2) is 67.1 Å². The predicted molar refractivity (Wildman–Crippen MR) is 153 cm³/mol. The van der Waals surface area contributed by atoms with Crippen LogP contribution in [-0.2, 0) is 20.3 Å². The molecule has 3 heterocycles. The number of benzene rings is 2. The largest absolute Gasteiger partial charge is 0.495 e. The number of rotatable bonds is 8. The van der Waals surface area contributed by atoms with Gasteiger partial charge >= 0.3 is 0 Å². The standard InChI is InChI=1S/C32H32N3O5/c1-19-30-23(12-24(17-36)26(18-37)32(30)40-5)14-28(35(19)2)22-13-25(31(39-4)29(15-22)38-3)21-6-7-27(34-16-21)20-8-10-33-11-9-20/h6-16,36-37H,17-18H2,1-5H3/q+1. The van der Waals surface area contributed by atoms with Crippen LogP contribution in [0.5, 0.6) is 17.2 Å². The molecule has 0 spiro atoms. The van der Waals surface area contributed by atoms with Crippen molar-refractivity contribution in [2.75, 3.05) is 21.3 Å². The van der Waals surface area contributed by atoms with Crippen molar-refractivity contribution >= 4 is 10.8 Å². The van der Waals surface area contributed by atoms with E-state index in [0.717, 1.165) is 50.1 Å². The summed E-state index contributed by atoms with van der Waals surface area (Å²) < 4.78 is 19.4. The van der Waals surface area contributed by atoms with Crippen molar-refractivity contribution < 1.29 is 29.0 Å². The van der Waals surface area contributed by atoms with Crippen LogP contribution in [0, 0.1) is 6.92 Å². The minimum atomic E-state index is -0.229. The lowest BCUT2D eigenvalue weighted by molar-refractivity contribution is -0.665. The van der Waals surface area contributed by atoms with E-state index in [-0.39, 0.29) is 13.2 Å². The SMILES string of the molecule is COc1cc(-c2cc3cc(CO)c(CO)c(OC)c3c(C)[n+]2C)cc(-c2ccc(-c3ccncc3)nc2)c1OC. The molecular formula is C32H32N3O5+. The third-order valence-corrected chi connectivity index (χ3v) is 7.38. The van der Waals surface area contributed by atoms with E-state index in [1.165, 1.54) is 0 Å². The quantitative estimate of drug-likeness (QED) is 0.275. The van der Waals surface area contributed by atoms with Crippen LogP contribution >= 0.6 is 0 Å². The molecule has 0 amide bonds. The molecule has 0 fully saturated rings. The van der Waals surface area contributed by atoms with Gasteiger partial charge in [0.05, 0.1) is 51.2 Å². The molecule has 0 aliphatic rings. The number of aromatic nitrogens is 3. The molecule has 5 rings (SSSR count). The number of hydrogen-bond acceptors (Lipinski definition) is 7. The Balaban J connectivity index is 1.72. The van der Waals surface area contributed by atoms with Crippen molar-refractivity contribution in [1.82, 2.24) is 9.97 Å². The van der Waals surface area contributed by atoms with E-state index in [1.807, 2.05) is 56.6 Å². The van der Waals surface area contributed by atoms with Crippen LogP contribution in [0.3, 0.4) is 0 Å². The second kappa shape index (κ2) is 11.3. The van der Waals surface area contributed by atoms with Gasteiger partial charge in [-0.2, -0.15) is 4.57 Å². The van der Waals surface area contributed by atoms with E-state index in [1.54, 1.807) is 33.7 Å². The fraction of sp³-hybridized carbons (Fsp3) is 0.219. The summed E-state index contributed by atoms with van der Waals surface area (Å²) >= 11 is 0. The predicted octanol–water partition coefficient (Wildman–Crippen LogP) is 4.77. The van der Waals surface area contributed by atoms with Gasteiger partial charge in [0.2, 0.25) is 5.69 Å². The zero-order valence-corrected chi connectivity index (χ0v) is 23.2. The number of nitrogens with zero attached hydrogens (tertiary/aromatic N) is 3. The van der Waals surface area contributed by atoms with Gasteiger partial charge in [0, 0.05) is 53.8 Å². The molecule has 0 aliphatic carbocycles. The second-order valence-corrected chi connectivity index (χ2v) is 9.43. The topological polar surface area (TPSA) is 97.8 Å². The number of pyridine rings is 3. The molecular weight excluding hydrogens is 506 g/mol. The second-order valence-electron chi connectivity index (χ2n) is 9.43. The number of methoxy groups -OCH3 is 3. The molecule has 0 radical (unpaired) electrons. The van der Waals surface area contributed by atoms with E-state index in [4.69, 9.17) is 19.2 Å². The first-order chi connectivity index (χ1) is 19.4. The molecule has 8 heteroatoms. The highest BCUT2D eigenvalue weighted by atomic mass is 16.5. The third kappa shape index (κ3) is 4.61. The van der Waals surface area contributed by atoms with Crippen molar-refractivity contribution in [3.63, 3.8) is 0 Å². The van der Waals surface area contributed by atoms with E-state index >= 15 is 0 Å². The van der Waals surface area contributed by atoms with Crippen LogP contribution < -0.4 is 18.8 Å². The molecule has 2 N–H and O–H groups in total. The van der Waals surface area contributed by atoms with Gasteiger partial charge in [-0.25, -0.2) is 0 Å². The first kappa shape index (κ1) is 27.1. The number of ether oxygens (including phenoxy) is 3. The van der Waals surface area contributed by atoms with Gasteiger partial charge in [0.15, 0.2) is 17.2 Å². The van der Waals surface area contributed by atoms with Gasteiger partial charge in [0.1, 0.15) is 12.8 Å². The summed E-state index contributed by atoms with van der Waals surface area (Å²) in [5.41, 5.74) is 7.55. The zero-order chi connectivity index (χ0) is 28.4. The smallest absolute Gasteiger partial charge is 0.213 e.